The Morgan fingerprint density at radius 1 is 1.39 bits per heavy atom. The molecule has 0 spiro atoms. The minimum atomic E-state index is 0.662. The van der Waals surface area contributed by atoms with E-state index in [-0.39, 0.29) is 0 Å². The first-order valence-corrected chi connectivity index (χ1v) is 6.05. The van der Waals surface area contributed by atoms with E-state index in [0.29, 0.717) is 18.3 Å². The van der Waals surface area contributed by atoms with Crippen LogP contribution in [0.5, 0.6) is 0 Å². The van der Waals surface area contributed by atoms with Crippen molar-refractivity contribution < 1.29 is 4.52 Å². The van der Waals surface area contributed by atoms with E-state index in [9.17, 15) is 0 Å². The first kappa shape index (κ1) is 12.7. The van der Waals surface area contributed by atoms with Crippen molar-refractivity contribution in [3.05, 3.63) is 23.9 Å². The molecule has 0 bridgehead atoms. The van der Waals surface area contributed by atoms with Gasteiger partial charge in [-0.3, -0.25) is 4.90 Å². The molecule has 0 aromatic carbocycles. The molecule has 0 atom stereocenters. The maximum Gasteiger partial charge on any atom is 0.240 e. The molecule has 0 aliphatic heterocycles. The zero-order valence-corrected chi connectivity index (χ0v) is 11.0. The summed E-state index contributed by atoms with van der Waals surface area (Å²) in [5.74, 6) is 2.27. The topological polar surface area (TPSA) is 72.9 Å². The highest BCUT2D eigenvalue weighted by Crippen LogP contribution is 2.03. The summed E-state index contributed by atoms with van der Waals surface area (Å²) in [6.07, 6.45) is 1.75. The van der Waals surface area contributed by atoms with Crippen molar-refractivity contribution >= 4 is 0 Å². The third-order valence-electron chi connectivity index (χ3n) is 2.84. The van der Waals surface area contributed by atoms with E-state index in [0.717, 1.165) is 25.5 Å². The van der Waals surface area contributed by atoms with Crippen LogP contribution in [-0.2, 0) is 13.1 Å². The van der Waals surface area contributed by atoms with Crippen LogP contribution < -0.4 is 0 Å². The summed E-state index contributed by atoms with van der Waals surface area (Å²) in [5.41, 5.74) is 0. The largest absolute Gasteiger partial charge is 0.338 e. The van der Waals surface area contributed by atoms with Gasteiger partial charge in [0.2, 0.25) is 5.89 Å². The molecule has 0 amide bonds. The molecule has 0 fully saturated rings. The smallest absolute Gasteiger partial charge is 0.240 e. The third kappa shape index (κ3) is 3.13. The first-order chi connectivity index (χ1) is 8.69. The normalized spacial score (nSPS) is 11.3. The zero-order chi connectivity index (χ0) is 13.0. The molecule has 0 unspecified atom stereocenters. The number of aryl methyl sites for hydroxylation is 2. The van der Waals surface area contributed by atoms with Crippen molar-refractivity contribution in [1.29, 1.82) is 0 Å². The highest BCUT2D eigenvalue weighted by Gasteiger charge is 2.09. The minimum Gasteiger partial charge on any atom is -0.338 e. The lowest BCUT2D eigenvalue weighted by Gasteiger charge is -2.18. The maximum absolute atomic E-state index is 5.12. The Morgan fingerprint density at radius 2 is 2.22 bits per heavy atom. The van der Waals surface area contributed by atoms with Gasteiger partial charge < -0.3 is 9.09 Å². The van der Waals surface area contributed by atoms with Crippen molar-refractivity contribution in [2.75, 3.05) is 13.1 Å². The van der Waals surface area contributed by atoms with E-state index in [1.165, 1.54) is 0 Å². The summed E-state index contributed by atoms with van der Waals surface area (Å²) in [5, 5.41) is 11.6. The summed E-state index contributed by atoms with van der Waals surface area (Å²) in [4.78, 5) is 6.45. The second-order valence-electron chi connectivity index (χ2n) is 4.18. The van der Waals surface area contributed by atoms with E-state index in [1.54, 1.807) is 6.33 Å². The first-order valence-electron chi connectivity index (χ1n) is 6.05. The van der Waals surface area contributed by atoms with Gasteiger partial charge in [-0.05, 0) is 20.4 Å². The average molecular weight is 250 g/mol. The van der Waals surface area contributed by atoms with Crippen molar-refractivity contribution in [3.63, 3.8) is 0 Å². The molecule has 7 nitrogen and oxygen atoms in total. The fourth-order valence-corrected chi connectivity index (χ4v) is 1.73. The number of nitrogens with zero attached hydrogens (tertiary/aromatic N) is 6. The molecular weight excluding hydrogens is 232 g/mol. The van der Waals surface area contributed by atoms with Gasteiger partial charge in [0.25, 0.3) is 0 Å². The highest BCUT2D eigenvalue weighted by molar-refractivity contribution is 4.84. The van der Waals surface area contributed by atoms with Gasteiger partial charge in [0, 0.05) is 13.1 Å². The number of likely N-dealkylation sites (N-methyl/N-ethyl adjacent to an activating group) is 1. The summed E-state index contributed by atoms with van der Waals surface area (Å²) in [7, 11) is 0. The van der Waals surface area contributed by atoms with Crippen LogP contribution >= 0.6 is 0 Å². The van der Waals surface area contributed by atoms with Gasteiger partial charge in [0.05, 0.1) is 6.54 Å². The molecule has 7 heteroatoms. The van der Waals surface area contributed by atoms with Gasteiger partial charge >= 0.3 is 0 Å². The second-order valence-corrected chi connectivity index (χ2v) is 4.18. The Morgan fingerprint density at radius 3 is 2.78 bits per heavy atom. The Bertz CT molecular complexity index is 491. The summed E-state index contributed by atoms with van der Waals surface area (Å²) >= 11 is 0. The van der Waals surface area contributed by atoms with Gasteiger partial charge in [0.1, 0.15) is 12.2 Å². The Labute approximate surface area is 106 Å². The van der Waals surface area contributed by atoms with E-state index in [2.05, 4.69) is 32.2 Å². The predicted octanol–water partition coefficient (Wildman–Crippen LogP) is 0.800. The molecule has 2 rings (SSSR count). The quantitative estimate of drug-likeness (QED) is 0.755. The molecule has 0 aliphatic carbocycles. The molecule has 0 radical (unpaired) electrons. The summed E-state index contributed by atoms with van der Waals surface area (Å²) < 4.78 is 7.15. The lowest BCUT2D eigenvalue weighted by atomic mass is 10.4. The number of aromatic nitrogens is 5. The maximum atomic E-state index is 5.12. The van der Waals surface area contributed by atoms with Crippen LogP contribution in [0.4, 0.5) is 0 Å². The van der Waals surface area contributed by atoms with Crippen molar-refractivity contribution in [3.8, 4) is 0 Å². The van der Waals surface area contributed by atoms with Crippen LogP contribution in [0.1, 0.15) is 24.5 Å². The molecular formula is C11H18N6O. The van der Waals surface area contributed by atoms with Crippen LogP contribution in [-0.4, -0.2) is 42.9 Å². The molecule has 0 N–H and O–H groups in total. The van der Waals surface area contributed by atoms with Crippen LogP contribution in [0.25, 0.3) is 0 Å². The van der Waals surface area contributed by atoms with Crippen LogP contribution in [0.2, 0.25) is 0 Å². The number of hydrogen-bond acceptors (Lipinski definition) is 6. The zero-order valence-electron chi connectivity index (χ0n) is 11.0. The van der Waals surface area contributed by atoms with Crippen molar-refractivity contribution in [2.45, 2.75) is 33.9 Å². The monoisotopic (exact) mass is 250 g/mol. The Hall–Kier alpha value is -1.76. The standard InChI is InChI=1S/C11H18N6O/c1-4-16(7-11-13-9(2)15-18-11)5-6-17-8-12-14-10(17)3/h8H,4-7H2,1-3H3. The van der Waals surface area contributed by atoms with Crippen LogP contribution in [0, 0.1) is 13.8 Å². The fraction of sp³-hybridized carbons (Fsp3) is 0.636. The van der Waals surface area contributed by atoms with E-state index in [4.69, 9.17) is 4.52 Å². The summed E-state index contributed by atoms with van der Waals surface area (Å²) in [6, 6.07) is 0. The molecule has 98 valence electrons. The third-order valence-corrected chi connectivity index (χ3v) is 2.84. The fourth-order valence-electron chi connectivity index (χ4n) is 1.73. The van der Waals surface area contributed by atoms with E-state index < -0.39 is 0 Å². The van der Waals surface area contributed by atoms with Gasteiger partial charge in [-0.1, -0.05) is 12.1 Å². The van der Waals surface area contributed by atoms with Crippen molar-refractivity contribution in [2.24, 2.45) is 0 Å². The number of rotatable bonds is 6. The Balaban J connectivity index is 1.88. The predicted molar refractivity (Wildman–Crippen MR) is 64.7 cm³/mol. The van der Waals surface area contributed by atoms with Gasteiger partial charge in [0.15, 0.2) is 5.82 Å². The molecule has 0 saturated carbocycles. The van der Waals surface area contributed by atoms with Crippen LogP contribution in [0.15, 0.2) is 10.9 Å². The number of hydrogen-bond donors (Lipinski definition) is 0. The van der Waals surface area contributed by atoms with Gasteiger partial charge in [-0.15, -0.1) is 10.2 Å². The average Bonchev–Trinajstić information content (AvgIpc) is 2.94. The second kappa shape index (κ2) is 5.72. The molecule has 0 saturated heterocycles. The molecule has 0 aliphatic rings. The Kier molecular flexibility index (Phi) is 4.03. The lowest BCUT2D eigenvalue weighted by Crippen LogP contribution is -2.27. The summed E-state index contributed by atoms with van der Waals surface area (Å²) in [6.45, 7) is 9.26. The minimum absolute atomic E-state index is 0.662. The van der Waals surface area contributed by atoms with E-state index in [1.807, 2.05) is 18.4 Å². The van der Waals surface area contributed by atoms with Gasteiger partial charge in [-0.25, -0.2) is 0 Å². The lowest BCUT2D eigenvalue weighted by molar-refractivity contribution is 0.228. The highest BCUT2D eigenvalue weighted by atomic mass is 16.5. The van der Waals surface area contributed by atoms with Crippen LogP contribution in [0.3, 0.4) is 0 Å². The molecule has 2 heterocycles. The molecule has 2 aromatic heterocycles. The molecule has 2 aromatic rings. The van der Waals surface area contributed by atoms with E-state index >= 15 is 0 Å². The van der Waals surface area contributed by atoms with Crippen molar-refractivity contribution in [1.82, 2.24) is 29.8 Å². The van der Waals surface area contributed by atoms with Gasteiger partial charge in [-0.2, -0.15) is 4.98 Å². The molecule has 18 heavy (non-hydrogen) atoms. The SMILES string of the molecule is CCN(CCn1cnnc1C)Cc1nc(C)no1.